The first kappa shape index (κ1) is 15.6. The minimum absolute atomic E-state index is 0.0449. The third kappa shape index (κ3) is 2.40. The number of hydrogen-bond donors (Lipinski definition) is 0. The van der Waals surface area contributed by atoms with Crippen LogP contribution in [0.2, 0.25) is 0 Å². The van der Waals surface area contributed by atoms with Gasteiger partial charge in [-0.1, -0.05) is 44.2 Å². The molecule has 0 N–H and O–H groups in total. The summed E-state index contributed by atoms with van der Waals surface area (Å²) >= 11 is 0. The zero-order valence-corrected chi connectivity index (χ0v) is 14.6. The SMILES string of the molecule is Cc1ccc([O-])c(C/C=C2\N(C)c3ccccc3C2(C)C)[n+]1C. The molecule has 1 aliphatic rings. The predicted octanol–water partition coefficient (Wildman–Crippen LogP) is 2.75. The van der Waals surface area contributed by atoms with E-state index in [-0.39, 0.29) is 11.2 Å². The lowest BCUT2D eigenvalue weighted by Gasteiger charge is -2.24. The molecule has 0 aliphatic carbocycles. The molecule has 1 aromatic carbocycles. The molecule has 0 bridgehead atoms. The van der Waals surface area contributed by atoms with Gasteiger partial charge in [-0.3, -0.25) is 0 Å². The molecule has 0 saturated heterocycles. The van der Waals surface area contributed by atoms with Gasteiger partial charge in [0.15, 0.2) is 11.4 Å². The number of aromatic nitrogens is 1. The van der Waals surface area contributed by atoms with Gasteiger partial charge in [0, 0.05) is 36.8 Å². The summed E-state index contributed by atoms with van der Waals surface area (Å²) in [6, 6.07) is 12.1. The molecule has 23 heavy (non-hydrogen) atoms. The van der Waals surface area contributed by atoms with Crippen LogP contribution in [0.15, 0.2) is 48.2 Å². The van der Waals surface area contributed by atoms with E-state index in [9.17, 15) is 5.11 Å². The molecule has 2 aromatic rings. The van der Waals surface area contributed by atoms with Gasteiger partial charge in [0.2, 0.25) is 0 Å². The van der Waals surface area contributed by atoms with E-state index in [0.29, 0.717) is 6.42 Å². The molecule has 0 spiro atoms. The summed E-state index contributed by atoms with van der Waals surface area (Å²) in [5.41, 5.74) is 5.72. The summed E-state index contributed by atoms with van der Waals surface area (Å²) in [7, 11) is 4.07. The number of pyridine rings is 1. The van der Waals surface area contributed by atoms with Gasteiger partial charge in [-0.25, -0.2) is 4.57 Å². The lowest BCUT2D eigenvalue weighted by Crippen LogP contribution is -2.38. The van der Waals surface area contributed by atoms with E-state index in [2.05, 4.69) is 56.1 Å². The highest BCUT2D eigenvalue weighted by Crippen LogP contribution is 2.46. The van der Waals surface area contributed by atoms with E-state index >= 15 is 0 Å². The van der Waals surface area contributed by atoms with Crippen molar-refractivity contribution in [3.8, 4) is 5.75 Å². The Morgan fingerprint density at radius 3 is 2.57 bits per heavy atom. The fourth-order valence-corrected chi connectivity index (χ4v) is 3.59. The summed E-state index contributed by atoms with van der Waals surface area (Å²) in [5.74, 6) is 0.103. The molecule has 0 radical (unpaired) electrons. The second-order valence-electron chi connectivity index (χ2n) is 6.84. The fourth-order valence-electron chi connectivity index (χ4n) is 3.59. The van der Waals surface area contributed by atoms with E-state index in [1.165, 1.54) is 16.9 Å². The van der Waals surface area contributed by atoms with Crippen molar-refractivity contribution in [1.82, 2.24) is 0 Å². The number of aryl methyl sites for hydroxylation is 1. The highest BCUT2D eigenvalue weighted by atomic mass is 16.3. The first-order valence-electron chi connectivity index (χ1n) is 8.03. The van der Waals surface area contributed by atoms with Gasteiger partial charge in [-0.15, -0.1) is 0 Å². The minimum atomic E-state index is -0.0449. The molecule has 2 heterocycles. The fraction of sp³-hybridized carbons (Fsp3) is 0.350. The predicted molar refractivity (Wildman–Crippen MR) is 91.5 cm³/mol. The average Bonchev–Trinajstić information content (AvgIpc) is 2.72. The van der Waals surface area contributed by atoms with Crippen LogP contribution < -0.4 is 14.6 Å². The van der Waals surface area contributed by atoms with Crippen molar-refractivity contribution in [2.75, 3.05) is 11.9 Å². The number of rotatable bonds is 2. The zero-order chi connectivity index (χ0) is 16.8. The molecule has 1 aromatic heterocycles. The maximum atomic E-state index is 12.2. The van der Waals surface area contributed by atoms with Crippen molar-refractivity contribution in [1.29, 1.82) is 0 Å². The van der Waals surface area contributed by atoms with Crippen molar-refractivity contribution in [2.24, 2.45) is 7.05 Å². The molecule has 120 valence electrons. The maximum Gasteiger partial charge on any atom is 0.178 e. The molecule has 3 nitrogen and oxygen atoms in total. The molecule has 0 unspecified atom stereocenters. The molecule has 0 saturated carbocycles. The van der Waals surface area contributed by atoms with Gasteiger partial charge in [0.1, 0.15) is 7.05 Å². The molecular formula is C20H24N2O. The Bertz CT molecular complexity index is 790. The van der Waals surface area contributed by atoms with Crippen LogP contribution in [0, 0.1) is 6.92 Å². The van der Waals surface area contributed by atoms with E-state index < -0.39 is 0 Å². The topological polar surface area (TPSA) is 30.2 Å². The first-order valence-corrected chi connectivity index (χ1v) is 8.03. The normalized spacial score (nSPS) is 17.6. The maximum absolute atomic E-state index is 12.2. The Balaban J connectivity index is 2.01. The van der Waals surface area contributed by atoms with Crippen LogP contribution in [0.4, 0.5) is 5.69 Å². The first-order chi connectivity index (χ1) is 10.8. The second kappa shape index (κ2) is 5.41. The number of anilines is 1. The Hall–Kier alpha value is -2.29. The quantitative estimate of drug-likeness (QED) is 0.799. The number of likely N-dealkylation sites (N-methyl/N-ethyl adjacent to an activating group) is 1. The monoisotopic (exact) mass is 308 g/mol. The Kier molecular flexibility index (Phi) is 3.67. The Morgan fingerprint density at radius 2 is 1.87 bits per heavy atom. The van der Waals surface area contributed by atoms with E-state index in [0.717, 1.165) is 11.4 Å². The van der Waals surface area contributed by atoms with Crippen molar-refractivity contribution >= 4 is 5.69 Å². The van der Waals surface area contributed by atoms with Crippen molar-refractivity contribution < 1.29 is 9.67 Å². The van der Waals surface area contributed by atoms with Gasteiger partial charge in [0.05, 0.1) is 6.42 Å². The second-order valence-corrected chi connectivity index (χ2v) is 6.84. The number of hydrogen-bond acceptors (Lipinski definition) is 2. The van der Waals surface area contributed by atoms with Gasteiger partial charge >= 0.3 is 0 Å². The van der Waals surface area contributed by atoms with E-state index in [4.69, 9.17) is 0 Å². The number of nitrogens with zero attached hydrogens (tertiary/aromatic N) is 2. The Labute approximate surface area is 138 Å². The van der Waals surface area contributed by atoms with Crippen LogP contribution in [0.1, 0.15) is 30.8 Å². The average molecular weight is 308 g/mol. The summed E-state index contributed by atoms with van der Waals surface area (Å²) in [6.07, 6.45) is 2.85. The third-order valence-corrected chi connectivity index (χ3v) is 5.12. The lowest BCUT2D eigenvalue weighted by atomic mass is 9.83. The molecule has 0 amide bonds. The van der Waals surface area contributed by atoms with Gasteiger partial charge < -0.3 is 10.0 Å². The van der Waals surface area contributed by atoms with Crippen molar-refractivity contribution in [2.45, 2.75) is 32.6 Å². The van der Waals surface area contributed by atoms with Crippen LogP contribution >= 0.6 is 0 Å². The van der Waals surface area contributed by atoms with Crippen LogP contribution in [-0.2, 0) is 18.9 Å². The van der Waals surface area contributed by atoms with E-state index in [1.54, 1.807) is 6.07 Å². The molecular weight excluding hydrogens is 284 g/mol. The van der Waals surface area contributed by atoms with Gasteiger partial charge in [0.25, 0.3) is 0 Å². The highest BCUT2D eigenvalue weighted by Gasteiger charge is 2.37. The molecule has 1 aliphatic heterocycles. The van der Waals surface area contributed by atoms with Gasteiger partial charge in [-0.05, 0) is 17.4 Å². The smallest absolute Gasteiger partial charge is 0.178 e. The lowest BCUT2D eigenvalue weighted by molar-refractivity contribution is -0.687. The largest absolute Gasteiger partial charge is 0.868 e. The minimum Gasteiger partial charge on any atom is -0.868 e. The van der Waals surface area contributed by atoms with Crippen LogP contribution in [0.5, 0.6) is 5.75 Å². The standard InChI is InChI=1S/C20H24N2O/c1-14-10-12-18(23)17(21(14)4)11-13-19-20(2,3)15-8-6-7-9-16(15)22(19)5/h6-10,12-13H,11H2,1-5H3/b19-13-. The number of benzene rings is 1. The zero-order valence-electron chi connectivity index (χ0n) is 14.6. The highest BCUT2D eigenvalue weighted by molar-refractivity contribution is 5.69. The third-order valence-electron chi connectivity index (χ3n) is 5.12. The van der Waals surface area contributed by atoms with Crippen LogP contribution in [-0.4, -0.2) is 7.05 Å². The van der Waals surface area contributed by atoms with Crippen molar-refractivity contribution in [3.05, 3.63) is 65.1 Å². The number of fused-ring (bicyclic) bond motifs is 1. The summed E-state index contributed by atoms with van der Waals surface area (Å²) in [5, 5.41) is 12.2. The van der Waals surface area contributed by atoms with E-state index in [1.807, 2.05) is 24.6 Å². The number of para-hydroxylation sites is 1. The molecule has 0 fully saturated rings. The van der Waals surface area contributed by atoms with Gasteiger partial charge in [-0.2, -0.15) is 0 Å². The molecule has 0 atom stereocenters. The molecule has 3 rings (SSSR count). The summed E-state index contributed by atoms with van der Waals surface area (Å²) in [6.45, 7) is 6.52. The van der Waals surface area contributed by atoms with Crippen LogP contribution in [0.3, 0.4) is 0 Å². The summed E-state index contributed by atoms with van der Waals surface area (Å²) < 4.78 is 1.99. The summed E-state index contributed by atoms with van der Waals surface area (Å²) in [4.78, 5) is 2.25. The Morgan fingerprint density at radius 1 is 1.17 bits per heavy atom. The molecule has 3 heteroatoms. The van der Waals surface area contributed by atoms with Crippen LogP contribution in [0.25, 0.3) is 0 Å². The van der Waals surface area contributed by atoms with Crippen molar-refractivity contribution in [3.63, 3.8) is 0 Å². The number of allylic oxidation sites excluding steroid dienone is 2.